The quantitative estimate of drug-likeness (QED) is 0.266. The molecule has 2 amide bonds. The van der Waals surface area contributed by atoms with Crippen LogP contribution < -0.4 is 10.7 Å². The van der Waals surface area contributed by atoms with E-state index in [1.807, 2.05) is 42.5 Å². The molecule has 1 heterocycles. The van der Waals surface area contributed by atoms with Crippen molar-refractivity contribution in [3.63, 3.8) is 0 Å². The van der Waals surface area contributed by atoms with Crippen molar-refractivity contribution >= 4 is 50.6 Å². The van der Waals surface area contributed by atoms with Gasteiger partial charge in [0.15, 0.2) is 0 Å². The van der Waals surface area contributed by atoms with E-state index in [9.17, 15) is 14.4 Å². The fraction of sp³-hybridized carbons (Fsp3) is 0.250. The van der Waals surface area contributed by atoms with Crippen molar-refractivity contribution in [3.05, 3.63) is 64.0 Å². The summed E-state index contributed by atoms with van der Waals surface area (Å²) in [6, 6.07) is 13.7. The molecule has 0 saturated carbocycles. The van der Waals surface area contributed by atoms with Crippen molar-refractivity contribution in [2.75, 3.05) is 11.9 Å². The maximum absolute atomic E-state index is 12.5. The molecule has 32 heavy (non-hydrogen) atoms. The topological polar surface area (TPSA) is 96.9 Å². The zero-order chi connectivity index (χ0) is 22.7. The van der Waals surface area contributed by atoms with Gasteiger partial charge < -0.3 is 10.1 Å². The Kier molecular flexibility index (Phi) is 6.32. The molecule has 0 unspecified atom stereocenters. The van der Waals surface area contributed by atoms with E-state index in [0.717, 1.165) is 46.0 Å². The van der Waals surface area contributed by atoms with Gasteiger partial charge in [-0.2, -0.15) is 5.10 Å². The Labute approximate surface area is 189 Å². The van der Waals surface area contributed by atoms with Crippen molar-refractivity contribution in [2.24, 2.45) is 5.10 Å². The second-order valence-corrected chi connectivity index (χ2v) is 8.51. The summed E-state index contributed by atoms with van der Waals surface area (Å²) in [6.45, 7) is 3.73. The Morgan fingerprint density at radius 2 is 1.84 bits per heavy atom. The zero-order valence-electron chi connectivity index (χ0n) is 17.9. The van der Waals surface area contributed by atoms with Crippen LogP contribution in [0.1, 0.15) is 46.6 Å². The average molecular weight is 450 g/mol. The molecule has 0 spiro atoms. The Hall–Kier alpha value is -3.52. The summed E-state index contributed by atoms with van der Waals surface area (Å²) in [5.41, 5.74) is 5.03. The molecule has 0 radical (unpaired) electrons. The third-order valence-corrected chi connectivity index (χ3v) is 6.55. The first-order chi connectivity index (χ1) is 15.5. The molecule has 1 aliphatic rings. The Balaban J connectivity index is 1.49. The average Bonchev–Trinajstić information content (AvgIpc) is 3.37. The van der Waals surface area contributed by atoms with Crippen molar-refractivity contribution in [3.8, 4) is 0 Å². The Morgan fingerprint density at radius 1 is 1.06 bits per heavy atom. The molecule has 7 nitrogen and oxygen atoms in total. The van der Waals surface area contributed by atoms with Crippen molar-refractivity contribution < 1.29 is 19.1 Å². The number of nitrogens with one attached hydrogen (secondary N) is 2. The molecule has 0 saturated heterocycles. The number of carbonyl (C=O) groups excluding carboxylic acids is 3. The molecular weight excluding hydrogens is 426 g/mol. The molecule has 4 rings (SSSR count). The highest BCUT2D eigenvalue weighted by molar-refractivity contribution is 7.17. The lowest BCUT2D eigenvalue weighted by Crippen LogP contribution is -2.33. The highest BCUT2D eigenvalue weighted by Gasteiger charge is 2.29. The van der Waals surface area contributed by atoms with Crippen molar-refractivity contribution in [2.45, 2.75) is 33.1 Å². The minimum absolute atomic E-state index is 0.236. The van der Waals surface area contributed by atoms with Gasteiger partial charge in [-0.05, 0) is 49.4 Å². The summed E-state index contributed by atoms with van der Waals surface area (Å²) in [5.74, 6) is -2.27. The van der Waals surface area contributed by atoms with E-state index in [2.05, 4.69) is 15.8 Å². The number of hydrazone groups is 1. The number of thiophene rings is 1. The first kappa shape index (κ1) is 21.7. The summed E-state index contributed by atoms with van der Waals surface area (Å²) in [5, 5.41) is 9.09. The predicted molar refractivity (Wildman–Crippen MR) is 125 cm³/mol. The number of ether oxygens (including phenoxy) is 1. The van der Waals surface area contributed by atoms with Crippen LogP contribution in [0, 0.1) is 0 Å². The molecule has 2 aromatic carbocycles. The lowest BCUT2D eigenvalue weighted by Gasteiger charge is -2.08. The lowest BCUT2D eigenvalue weighted by molar-refractivity contribution is -0.136. The molecule has 1 aromatic heterocycles. The first-order valence-electron chi connectivity index (χ1n) is 10.4. The van der Waals surface area contributed by atoms with E-state index >= 15 is 0 Å². The van der Waals surface area contributed by atoms with Gasteiger partial charge in [0.25, 0.3) is 0 Å². The van der Waals surface area contributed by atoms with Gasteiger partial charge in [0.05, 0.1) is 17.9 Å². The summed E-state index contributed by atoms with van der Waals surface area (Å²) in [4.78, 5) is 38.4. The molecule has 2 N–H and O–H groups in total. The van der Waals surface area contributed by atoms with Gasteiger partial charge in [-0.15, -0.1) is 11.3 Å². The number of benzene rings is 2. The largest absolute Gasteiger partial charge is 0.462 e. The molecule has 3 aromatic rings. The highest BCUT2D eigenvalue weighted by atomic mass is 32.1. The maximum Gasteiger partial charge on any atom is 0.341 e. The Morgan fingerprint density at radius 3 is 2.66 bits per heavy atom. The summed E-state index contributed by atoms with van der Waals surface area (Å²) in [6.07, 6.45) is 2.57. The minimum atomic E-state index is -0.909. The lowest BCUT2D eigenvalue weighted by atomic mass is 10.0. The number of anilines is 1. The number of aryl methyl sites for hydroxylation is 1. The fourth-order valence-corrected chi connectivity index (χ4v) is 5.13. The molecule has 0 aliphatic heterocycles. The summed E-state index contributed by atoms with van der Waals surface area (Å²) in [7, 11) is 0. The van der Waals surface area contributed by atoms with E-state index < -0.39 is 17.8 Å². The van der Waals surface area contributed by atoms with Gasteiger partial charge in [0.2, 0.25) is 0 Å². The molecule has 8 heteroatoms. The molecule has 0 fully saturated rings. The number of hydrogen-bond donors (Lipinski definition) is 2. The van der Waals surface area contributed by atoms with Gasteiger partial charge in [-0.3, -0.25) is 9.59 Å². The van der Waals surface area contributed by atoms with E-state index in [0.29, 0.717) is 16.3 Å². The maximum atomic E-state index is 12.5. The highest BCUT2D eigenvalue weighted by Crippen LogP contribution is 2.39. The zero-order valence-corrected chi connectivity index (χ0v) is 18.7. The summed E-state index contributed by atoms with van der Waals surface area (Å²) < 4.78 is 5.15. The van der Waals surface area contributed by atoms with Gasteiger partial charge in [-0.25, -0.2) is 10.2 Å². The number of nitrogens with zero attached hydrogens (tertiary/aromatic N) is 1. The first-order valence-corrected chi connectivity index (χ1v) is 11.3. The Bertz CT molecular complexity index is 1240. The van der Waals surface area contributed by atoms with Crippen LogP contribution in [0.2, 0.25) is 0 Å². The van der Waals surface area contributed by atoms with Crippen LogP contribution in [0.5, 0.6) is 0 Å². The summed E-state index contributed by atoms with van der Waals surface area (Å²) >= 11 is 1.32. The van der Waals surface area contributed by atoms with Crippen LogP contribution in [0.4, 0.5) is 5.00 Å². The monoisotopic (exact) mass is 449 g/mol. The van der Waals surface area contributed by atoms with Gasteiger partial charge in [-0.1, -0.05) is 42.5 Å². The number of hydrogen-bond acceptors (Lipinski definition) is 6. The molecular formula is C24H23N3O4S. The number of rotatable bonds is 5. The second kappa shape index (κ2) is 9.32. The molecule has 0 bridgehead atoms. The SMILES string of the molecule is CCOC(=O)c1c(NC(=O)C(=O)N/N=C(\C)c2cccc3ccccc23)sc2c1CCC2. The molecule has 1 aliphatic carbocycles. The van der Waals surface area contributed by atoms with Crippen LogP contribution in [-0.2, 0) is 27.2 Å². The van der Waals surface area contributed by atoms with E-state index in [4.69, 9.17) is 4.74 Å². The van der Waals surface area contributed by atoms with E-state index in [1.165, 1.54) is 11.3 Å². The van der Waals surface area contributed by atoms with Crippen LogP contribution in [0.25, 0.3) is 10.8 Å². The van der Waals surface area contributed by atoms with Crippen LogP contribution in [0.3, 0.4) is 0 Å². The van der Waals surface area contributed by atoms with Gasteiger partial charge >= 0.3 is 17.8 Å². The van der Waals surface area contributed by atoms with Gasteiger partial charge in [0.1, 0.15) is 5.00 Å². The third-order valence-electron chi connectivity index (χ3n) is 5.34. The minimum Gasteiger partial charge on any atom is -0.462 e. The predicted octanol–water partition coefficient (Wildman–Crippen LogP) is 4.05. The number of carbonyl (C=O) groups is 3. The van der Waals surface area contributed by atoms with E-state index in [-0.39, 0.29) is 6.61 Å². The van der Waals surface area contributed by atoms with Gasteiger partial charge in [0, 0.05) is 10.4 Å². The van der Waals surface area contributed by atoms with Crippen LogP contribution in [-0.4, -0.2) is 30.1 Å². The third kappa shape index (κ3) is 4.27. The normalized spacial score (nSPS) is 13.0. The van der Waals surface area contributed by atoms with Crippen LogP contribution in [0.15, 0.2) is 47.6 Å². The van der Waals surface area contributed by atoms with Crippen molar-refractivity contribution in [1.82, 2.24) is 5.43 Å². The van der Waals surface area contributed by atoms with Crippen LogP contribution >= 0.6 is 11.3 Å². The standard InChI is InChI=1S/C24H23N3O4S/c1-3-31-24(30)20-18-12-7-13-19(18)32-23(20)25-21(28)22(29)27-26-14(2)16-11-6-9-15-8-4-5-10-17(15)16/h4-6,8-11H,3,7,12-13H2,1-2H3,(H,25,28)(H,27,29)/b26-14+. The number of fused-ring (bicyclic) bond motifs is 2. The second-order valence-electron chi connectivity index (χ2n) is 7.40. The fourth-order valence-electron chi connectivity index (χ4n) is 3.86. The smallest absolute Gasteiger partial charge is 0.341 e. The number of amides is 2. The number of esters is 1. The van der Waals surface area contributed by atoms with E-state index in [1.54, 1.807) is 13.8 Å². The van der Waals surface area contributed by atoms with Crippen molar-refractivity contribution in [1.29, 1.82) is 0 Å². The molecule has 0 atom stereocenters. The molecule has 164 valence electrons.